The average molecular weight is 390 g/mol. The summed E-state index contributed by atoms with van der Waals surface area (Å²) in [6, 6.07) is 11.5. The van der Waals surface area contributed by atoms with Gasteiger partial charge in [0, 0.05) is 23.0 Å². The van der Waals surface area contributed by atoms with Crippen molar-refractivity contribution in [2.24, 2.45) is 0 Å². The molecule has 5 rings (SSSR count). The number of aromatic amines is 1. The Morgan fingerprint density at radius 2 is 1.97 bits per heavy atom. The number of carboxylic acid groups (broad SMARTS) is 1. The summed E-state index contributed by atoms with van der Waals surface area (Å²) in [5.41, 5.74) is 3.35. The van der Waals surface area contributed by atoms with Crippen molar-refractivity contribution in [3.05, 3.63) is 71.9 Å². The first kappa shape index (κ1) is 17.4. The lowest BCUT2D eigenvalue weighted by Crippen LogP contribution is -2.51. The number of nitrogens with one attached hydrogen (secondary N) is 1. The number of carbonyl (C=O) groups excluding carboxylic acids is 1. The molecule has 2 atom stereocenters. The zero-order valence-electron chi connectivity index (χ0n) is 15.4. The van der Waals surface area contributed by atoms with E-state index in [4.69, 9.17) is 9.47 Å². The Labute approximate surface area is 166 Å². The quantitative estimate of drug-likeness (QED) is 0.671. The van der Waals surface area contributed by atoms with Crippen LogP contribution in [0, 0.1) is 0 Å². The van der Waals surface area contributed by atoms with E-state index < -0.39 is 24.0 Å². The summed E-state index contributed by atoms with van der Waals surface area (Å²) >= 11 is 0. The van der Waals surface area contributed by atoms with Gasteiger partial charge < -0.3 is 24.5 Å². The molecule has 29 heavy (non-hydrogen) atoms. The summed E-state index contributed by atoms with van der Waals surface area (Å²) in [5.74, 6) is -0.298. The zero-order chi connectivity index (χ0) is 20.1. The van der Waals surface area contributed by atoms with E-state index in [1.165, 1.54) is 4.90 Å². The van der Waals surface area contributed by atoms with Crippen LogP contribution >= 0.6 is 0 Å². The minimum atomic E-state index is -1.05. The normalized spacial score (nSPS) is 19.8. The zero-order valence-corrected chi connectivity index (χ0v) is 15.4. The predicted octanol–water partition coefficient (Wildman–Crippen LogP) is 3.01. The summed E-state index contributed by atoms with van der Waals surface area (Å²) in [4.78, 5) is 29.7. The molecule has 0 aliphatic carbocycles. The Balaban J connectivity index is 1.77. The van der Waals surface area contributed by atoms with E-state index in [2.05, 4.69) is 11.6 Å². The number of rotatable bonds is 3. The first-order chi connectivity index (χ1) is 14.1. The third kappa shape index (κ3) is 2.58. The Bertz CT molecular complexity index is 1170. The van der Waals surface area contributed by atoms with Crippen molar-refractivity contribution in [2.45, 2.75) is 18.5 Å². The van der Waals surface area contributed by atoms with E-state index in [1.54, 1.807) is 12.1 Å². The van der Waals surface area contributed by atoms with E-state index in [9.17, 15) is 14.7 Å². The molecule has 7 nitrogen and oxygen atoms in total. The maximum Gasteiger partial charge on any atom is 0.326 e. The van der Waals surface area contributed by atoms with Crippen molar-refractivity contribution in [1.82, 2.24) is 9.88 Å². The number of amides is 1. The number of hydrogen-bond acceptors (Lipinski definition) is 4. The van der Waals surface area contributed by atoms with Crippen LogP contribution in [-0.4, -0.2) is 39.7 Å². The molecule has 2 aliphatic heterocycles. The number of aromatic nitrogens is 1. The topological polar surface area (TPSA) is 91.9 Å². The number of benzene rings is 2. The Hall–Kier alpha value is -3.74. The number of hydrogen-bond donors (Lipinski definition) is 2. The largest absolute Gasteiger partial charge is 0.480 e. The second kappa shape index (κ2) is 6.41. The number of aliphatic carboxylic acids is 1. The molecule has 0 spiro atoms. The highest BCUT2D eigenvalue weighted by Gasteiger charge is 2.43. The molecule has 7 heteroatoms. The highest BCUT2D eigenvalue weighted by molar-refractivity contribution is 5.94. The number of ether oxygens (including phenoxy) is 2. The van der Waals surface area contributed by atoms with Crippen LogP contribution in [0.2, 0.25) is 0 Å². The van der Waals surface area contributed by atoms with Crippen LogP contribution in [0.1, 0.15) is 22.9 Å². The smallest absolute Gasteiger partial charge is 0.326 e. The molecule has 0 fully saturated rings. The second-order valence-electron chi connectivity index (χ2n) is 7.09. The highest BCUT2D eigenvalue weighted by Crippen LogP contribution is 2.43. The van der Waals surface area contributed by atoms with Crippen LogP contribution in [0.3, 0.4) is 0 Å². The van der Waals surface area contributed by atoms with Gasteiger partial charge >= 0.3 is 5.97 Å². The number of fused-ring (bicyclic) bond motifs is 4. The molecule has 3 heterocycles. The van der Waals surface area contributed by atoms with Crippen molar-refractivity contribution < 1.29 is 24.2 Å². The van der Waals surface area contributed by atoms with Gasteiger partial charge in [-0.05, 0) is 35.4 Å². The number of carboxylic acids is 1. The van der Waals surface area contributed by atoms with Crippen molar-refractivity contribution >= 4 is 22.8 Å². The van der Waals surface area contributed by atoms with Crippen LogP contribution < -0.4 is 9.47 Å². The summed E-state index contributed by atoms with van der Waals surface area (Å²) in [6.45, 7) is 3.71. The molecule has 0 bridgehead atoms. The van der Waals surface area contributed by atoms with Crippen LogP contribution in [0.15, 0.2) is 55.1 Å². The van der Waals surface area contributed by atoms with Gasteiger partial charge in [-0.1, -0.05) is 30.8 Å². The Kier molecular flexibility index (Phi) is 3.84. The maximum atomic E-state index is 12.8. The van der Waals surface area contributed by atoms with Gasteiger partial charge in [-0.15, -0.1) is 0 Å². The lowest BCUT2D eigenvalue weighted by molar-refractivity contribution is -0.150. The summed E-state index contributed by atoms with van der Waals surface area (Å²) in [5, 5.41) is 10.9. The lowest BCUT2D eigenvalue weighted by Gasteiger charge is -2.40. The third-order valence-corrected chi connectivity index (χ3v) is 5.56. The molecule has 0 unspecified atom stereocenters. The molecule has 0 saturated carbocycles. The first-order valence-corrected chi connectivity index (χ1v) is 9.25. The molecule has 2 aromatic carbocycles. The fourth-order valence-electron chi connectivity index (χ4n) is 4.29. The third-order valence-electron chi connectivity index (χ3n) is 5.56. The molecule has 1 amide bonds. The molecule has 0 saturated heterocycles. The number of H-pyrrole nitrogens is 1. The van der Waals surface area contributed by atoms with Gasteiger partial charge in [-0.3, -0.25) is 4.79 Å². The average Bonchev–Trinajstić information content (AvgIpc) is 3.35. The molecule has 3 aromatic rings. The minimum absolute atomic E-state index is 0.133. The Morgan fingerprint density at radius 3 is 2.76 bits per heavy atom. The molecular formula is C22H18N2O5. The number of carbonyl (C=O) groups is 2. The van der Waals surface area contributed by atoms with Gasteiger partial charge in [0.1, 0.15) is 6.04 Å². The first-order valence-electron chi connectivity index (χ1n) is 9.25. The fraction of sp³-hybridized carbons (Fsp3) is 0.182. The van der Waals surface area contributed by atoms with Crippen LogP contribution in [0.5, 0.6) is 11.5 Å². The summed E-state index contributed by atoms with van der Waals surface area (Å²) in [6.07, 6.45) is 1.37. The molecule has 2 aliphatic rings. The van der Waals surface area contributed by atoms with E-state index in [0.29, 0.717) is 11.5 Å². The van der Waals surface area contributed by atoms with Gasteiger partial charge in [0.05, 0.1) is 6.04 Å². The maximum absolute atomic E-state index is 12.8. The lowest BCUT2D eigenvalue weighted by atomic mass is 9.87. The number of nitrogens with zero attached hydrogens (tertiary/aromatic N) is 1. The Morgan fingerprint density at radius 1 is 1.17 bits per heavy atom. The van der Waals surface area contributed by atoms with Crippen LogP contribution in [0.4, 0.5) is 0 Å². The van der Waals surface area contributed by atoms with Crippen molar-refractivity contribution in [1.29, 1.82) is 0 Å². The van der Waals surface area contributed by atoms with Gasteiger partial charge in [-0.25, -0.2) is 4.79 Å². The molecular weight excluding hydrogens is 372 g/mol. The monoisotopic (exact) mass is 390 g/mol. The SMILES string of the molecule is C=CC(=O)N1[C@H](c2ccc3c(c2)OCO3)c2[nH]c3ccccc3c2C[C@@H]1C(=O)O. The van der Waals surface area contributed by atoms with Gasteiger partial charge in [-0.2, -0.15) is 0 Å². The van der Waals surface area contributed by atoms with Gasteiger partial charge in [0.2, 0.25) is 12.7 Å². The summed E-state index contributed by atoms with van der Waals surface area (Å²) < 4.78 is 10.9. The number of para-hydroxylation sites is 1. The predicted molar refractivity (Wildman–Crippen MR) is 105 cm³/mol. The van der Waals surface area contributed by atoms with E-state index in [0.717, 1.165) is 33.8 Å². The van der Waals surface area contributed by atoms with Crippen LogP contribution in [-0.2, 0) is 16.0 Å². The summed E-state index contributed by atoms with van der Waals surface area (Å²) in [7, 11) is 0. The molecule has 2 N–H and O–H groups in total. The van der Waals surface area contributed by atoms with Crippen LogP contribution in [0.25, 0.3) is 10.9 Å². The molecule has 0 radical (unpaired) electrons. The van der Waals surface area contributed by atoms with Crippen molar-refractivity contribution in [2.75, 3.05) is 6.79 Å². The van der Waals surface area contributed by atoms with Crippen molar-refractivity contribution in [3.63, 3.8) is 0 Å². The standard InChI is InChI=1S/C22H18N2O5/c1-2-19(25)24-16(22(26)27)10-14-13-5-3-4-6-15(13)23-20(14)21(24)12-7-8-17-18(9-12)29-11-28-17/h2-9,16,21,23H,1,10-11H2,(H,26,27)/t16-,21-/m1/s1. The van der Waals surface area contributed by atoms with E-state index >= 15 is 0 Å². The van der Waals surface area contributed by atoms with E-state index in [1.807, 2.05) is 30.3 Å². The van der Waals surface area contributed by atoms with Crippen molar-refractivity contribution in [3.8, 4) is 11.5 Å². The minimum Gasteiger partial charge on any atom is -0.480 e. The van der Waals surface area contributed by atoms with E-state index in [-0.39, 0.29) is 13.2 Å². The highest BCUT2D eigenvalue weighted by atomic mass is 16.7. The fourth-order valence-corrected chi connectivity index (χ4v) is 4.29. The molecule has 1 aromatic heterocycles. The van der Waals surface area contributed by atoms with Gasteiger partial charge in [0.15, 0.2) is 11.5 Å². The second-order valence-corrected chi connectivity index (χ2v) is 7.09. The molecule has 146 valence electrons. The van der Waals surface area contributed by atoms with Gasteiger partial charge in [0.25, 0.3) is 0 Å².